The summed E-state index contributed by atoms with van der Waals surface area (Å²) >= 11 is 0. The predicted molar refractivity (Wildman–Crippen MR) is 131 cm³/mol. The summed E-state index contributed by atoms with van der Waals surface area (Å²) in [5.74, 6) is -1.24. The van der Waals surface area contributed by atoms with E-state index in [-0.39, 0.29) is 17.4 Å². The van der Waals surface area contributed by atoms with Gasteiger partial charge in [0.1, 0.15) is 11.6 Å². The number of hydrogen-bond donors (Lipinski definition) is 0. The van der Waals surface area contributed by atoms with Crippen LogP contribution in [0.25, 0.3) is 16.6 Å². The fraction of sp³-hybridized carbons (Fsp3) is 0.286. The van der Waals surface area contributed by atoms with Crippen molar-refractivity contribution in [2.75, 3.05) is 13.1 Å². The lowest BCUT2D eigenvalue weighted by Gasteiger charge is -2.20. The van der Waals surface area contributed by atoms with E-state index in [9.17, 15) is 13.6 Å². The van der Waals surface area contributed by atoms with Gasteiger partial charge < -0.3 is 4.90 Å². The second kappa shape index (κ2) is 10.2. The maximum absolute atomic E-state index is 14.5. The summed E-state index contributed by atoms with van der Waals surface area (Å²) in [5.41, 5.74) is 2.84. The molecule has 2 aromatic heterocycles. The minimum absolute atomic E-state index is 0.00475. The molecule has 176 valence electrons. The van der Waals surface area contributed by atoms with Gasteiger partial charge in [0, 0.05) is 18.7 Å². The zero-order chi connectivity index (χ0) is 24.2. The molecule has 0 radical (unpaired) electrons. The Labute approximate surface area is 198 Å². The fourth-order valence-corrected chi connectivity index (χ4v) is 4.50. The maximum atomic E-state index is 14.5. The maximum Gasteiger partial charge on any atom is 0.255 e. The first-order chi connectivity index (χ1) is 16.4. The van der Waals surface area contributed by atoms with E-state index in [1.54, 1.807) is 23.6 Å². The molecule has 0 unspecified atom stereocenters. The molecule has 0 spiro atoms. The Kier molecular flexibility index (Phi) is 7.06. The van der Waals surface area contributed by atoms with Crippen molar-refractivity contribution < 1.29 is 13.6 Å². The highest BCUT2D eigenvalue weighted by Crippen LogP contribution is 2.35. The van der Waals surface area contributed by atoms with E-state index < -0.39 is 11.6 Å². The summed E-state index contributed by atoms with van der Waals surface area (Å²) < 4.78 is 30.6. The molecule has 0 aliphatic carbocycles. The highest BCUT2D eigenvalue weighted by Gasteiger charge is 2.27. The molecule has 1 fully saturated rings. The summed E-state index contributed by atoms with van der Waals surface area (Å²) in [6.07, 6.45) is 2.03. The number of hydrogen-bond acceptors (Lipinski definition) is 2. The van der Waals surface area contributed by atoms with Gasteiger partial charge in [0.05, 0.1) is 28.0 Å². The highest BCUT2D eigenvalue weighted by molar-refractivity contribution is 5.97. The van der Waals surface area contributed by atoms with Gasteiger partial charge in [-0.2, -0.15) is 5.10 Å². The SMILES string of the molecule is Cc1nn2c(C(C)C)c(C(=O)N3CCCC3)ccc2c1-c1c(F)cccc1F.c1ccccc1. The molecule has 1 aliphatic rings. The fourth-order valence-electron chi connectivity index (χ4n) is 4.50. The Balaban J connectivity index is 0.000000398. The van der Waals surface area contributed by atoms with Crippen molar-refractivity contribution in [1.29, 1.82) is 0 Å². The molecule has 2 aromatic carbocycles. The summed E-state index contributed by atoms with van der Waals surface area (Å²) in [6.45, 7) is 7.25. The van der Waals surface area contributed by atoms with Gasteiger partial charge in [0.15, 0.2) is 0 Å². The van der Waals surface area contributed by atoms with E-state index in [1.165, 1.54) is 18.2 Å². The van der Waals surface area contributed by atoms with Crippen LogP contribution < -0.4 is 0 Å². The van der Waals surface area contributed by atoms with Crippen molar-refractivity contribution >= 4 is 11.4 Å². The van der Waals surface area contributed by atoms with Gasteiger partial charge in [0.2, 0.25) is 0 Å². The Morgan fingerprint density at radius 2 is 1.41 bits per heavy atom. The van der Waals surface area contributed by atoms with Crippen LogP contribution in [0.3, 0.4) is 0 Å². The largest absolute Gasteiger partial charge is 0.339 e. The number of rotatable bonds is 3. The Morgan fingerprint density at radius 1 is 0.853 bits per heavy atom. The molecule has 4 nitrogen and oxygen atoms in total. The van der Waals surface area contributed by atoms with E-state index in [0.717, 1.165) is 31.6 Å². The zero-order valence-corrected chi connectivity index (χ0v) is 19.8. The van der Waals surface area contributed by atoms with Crippen LogP contribution in [0.4, 0.5) is 8.78 Å². The van der Waals surface area contributed by atoms with Crippen molar-refractivity contribution in [2.24, 2.45) is 0 Å². The van der Waals surface area contributed by atoms with E-state index in [4.69, 9.17) is 0 Å². The van der Waals surface area contributed by atoms with Gasteiger partial charge in [-0.1, -0.05) is 56.3 Å². The number of benzene rings is 2. The molecular formula is C28H29F2N3O. The lowest BCUT2D eigenvalue weighted by Crippen LogP contribution is -2.29. The number of carbonyl (C=O) groups is 1. The average Bonchev–Trinajstić information content (AvgIpc) is 3.48. The molecule has 0 bridgehead atoms. The van der Waals surface area contributed by atoms with E-state index in [1.807, 2.05) is 55.1 Å². The topological polar surface area (TPSA) is 37.6 Å². The lowest BCUT2D eigenvalue weighted by molar-refractivity contribution is 0.0790. The lowest BCUT2D eigenvalue weighted by atomic mass is 9.99. The van der Waals surface area contributed by atoms with E-state index >= 15 is 0 Å². The Hall–Kier alpha value is -3.54. The minimum atomic E-state index is -0.624. The van der Waals surface area contributed by atoms with Gasteiger partial charge in [-0.05, 0) is 49.9 Å². The quantitative estimate of drug-likeness (QED) is 0.343. The molecule has 3 heterocycles. The van der Waals surface area contributed by atoms with Crippen molar-refractivity contribution in [3.05, 3.63) is 95.3 Å². The first-order valence-corrected chi connectivity index (χ1v) is 11.7. The summed E-state index contributed by atoms with van der Waals surface area (Å²) in [6, 6.07) is 19.4. The number of aryl methyl sites for hydroxylation is 1. The van der Waals surface area contributed by atoms with Crippen LogP contribution in [-0.2, 0) is 0 Å². The molecule has 1 amide bonds. The molecule has 4 aromatic rings. The normalized spacial score (nSPS) is 13.3. The van der Waals surface area contributed by atoms with E-state index in [0.29, 0.717) is 22.3 Å². The van der Waals surface area contributed by atoms with Gasteiger partial charge in [-0.25, -0.2) is 13.3 Å². The molecule has 0 saturated carbocycles. The Bertz CT molecular complexity index is 1250. The van der Waals surface area contributed by atoms with E-state index in [2.05, 4.69) is 5.10 Å². The second-order valence-electron chi connectivity index (χ2n) is 8.80. The zero-order valence-electron chi connectivity index (χ0n) is 19.8. The third-order valence-electron chi connectivity index (χ3n) is 6.06. The van der Waals surface area contributed by atoms with Gasteiger partial charge in [-0.15, -0.1) is 0 Å². The summed E-state index contributed by atoms with van der Waals surface area (Å²) in [5, 5.41) is 4.58. The number of fused-ring (bicyclic) bond motifs is 1. The predicted octanol–water partition coefficient (Wildman–Crippen LogP) is 6.63. The number of likely N-dealkylation sites (tertiary alicyclic amines) is 1. The summed E-state index contributed by atoms with van der Waals surface area (Å²) in [7, 11) is 0. The van der Waals surface area contributed by atoms with Gasteiger partial charge in [-0.3, -0.25) is 4.79 Å². The average molecular weight is 462 g/mol. The molecule has 6 heteroatoms. The van der Waals surface area contributed by atoms with Gasteiger partial charge in [0.25, 0.3) is 5.91 Å². The number of carbonyl (C=O) groups excluding carboxylic acids is 1. The molecule has 1 aliphatic heterocycles. The number of aromatic nitrogens is 2. The molecule has 1 saturated heterocycles. The first-order valence-electron chi connectivity index (χ1n) is 11.7. The van der Waals surface area contributed by atoms with Crippen LogP contribution in [0.2, 0.25) is 0 Å². The number of pyridine rings is 1. The minimum Gasteiger partial charge on any atom is -0.339 e. The van der Waals surface area contributed by atoms with Crippen LogP contribution in [0, 0.1) is 18.6 Å². The number of nitrogens with zero attached hydrogens (tertiary/aromatic N) is 3. The first kappa shape index (κ1) is 23.6. The van der Waals surface area contributed by atoms with Gasteiger partial charge >= 0.3 is 0 Å². The highest BCUT2D eigenvalue weighted by atomic mass is 19.1. The van der Waals surface area contributed by atoms with Crippen LogP contribution in [0.15, 0.2) is 66.7 Å². The third-order valence-corrected chi connectivity index (χ3v) is 6.06. The standard InChI is InChI=1S/C22H23F2N3O.C6H6/c1-13(2)21-15(22(28)26-11-4-5-12-26)9-10-18-19(14(3)25-27(18)21)20-16(23)7-6-8-17(20)24;1-2-4-6-5-3-1/h6-10,13H,4-5,11-12H2,1-3H3;1-6H. The second-order valence-corrected chi connectivity index (χ2v) is 8.80. The number of halogens is 2. The van der Waals surface area contributed by atoms with Crippen LogP contribution in [-0.4, -0.2) is 33.5 Å². The van der Waals surface area contributed by atoms with Crippen LogP contribution in [0.1, 0.15) is 54.4 Å². The molecule has 0 N–H and O–H groups in total. The smallest absolute Gasteiger partial charge is 0.255 e. The van der Waals surface area contributed by atoms with Crippen molar-refractivity contribution in [2.45, 2.75) is 39.5 Å². The third kappa shape index (κ3) is 4.58. The molecule has 34 heavy (non-hydrogen) atoms. The molecule has 5 rings (SSSR count). The van der Waals surface area contributed by atoms with Crippen LogP contribution >= 0.6 is 0 Å². The van der Waals surface area contributed by atoms with Crippen LogP contribution in [0.5, 0.6) is 0 Å². The van der Waals surface area contributed by atoms with Crippen molar-refractivity contribution in [3.63, 3.8) is 0 Å². The monoisotopic (exact) mass is 461 g/mol. The number of amides is 1. The molecular weight excluding hydrogens is 432 g/mol. The Morgan fingerprint density at radius 3 is 1.94 bits per heavy atom. The summed E-state index contributed by atoms with van der Waals surface area (Å²) in [4.78, 5) is 14.9. The van der Waals surface area contributed by atoms with Crippen molar-refractivity contribution in [1.82, 2.24) is 14.5 Å². The van der Waals surface area contributed by atoms with Crippen molar-refractivity contribution in [3.8, 4) is 11.1 Å². The molecule has 0 atom stereocenters.